The third-order valence-electron chi connectivity index (χ3n) is 20.4. The van der Waals surface area contributed by atoms with Crippen molar-refractivity contribution in [2.45, 2.75) is 46.0 Å². The number of carbonyl (C=O) groups is 8. The number of benzene rings is 9. The van der Waals surface area contributed by atoms with Crippen molar-refractivity contribution in [3.8, 4) is 17.6 Å². The molecule has 3 aliphatic rings. The molecule has 15 rings (SSSR count). The van der Waals surface area contributed by atoms with Gasteiger partial charge in [0.2, 0.25) is 23.6 Å². The molecule has 3 aliphatic heterocycles. The summed E-state index contributed by atoms with van der Waals surface area (Å²) in [4.78, 5) is 131. The number of fused-ring (bicyclic) bond motifs is 6. The number of aromatic hydroxyl groups is 3. The van der Waals surface area contributed by atoms with Gasteiger partial charge in [-0.05, 0) is 141 Å². The smallest absolute Gasteiger partial charge is 0.337 e. The van der Waals surface area contributed by atoms with Crippen LogP contribution in [0.4, 0.5) is 34.1 Å². The first-order valence-electron chi connectivity index (χ1n) is 37.6. The number of hydrogen-bond acceptors (Lipinski definition) is 18. The number of aliphatic imine (C=N–C) groups is 3. The minimum Gasteiger partial charge on any atom is -0.494 e. The van der Waals surface area contributed by atoms with Crippen LogP contribution in [0.2, 0.25) is 0 Å². The van der Waals surface area contributed by atoms with E-state index in [1.165, 1.54) is 33.3 Å². The Bertz CT molecular complexity index is 5900. The van der Waals surface area contributed by atoms with Crippen LogP contribution in [0.3, 0.4) is 0 Å². The zero-order chi connectivity index (χ0) is 82.0. The van der Waals surface area contributed by atoms with E-state index >= 15 is 0 Å². The zero-order valence-corrected chi connectivity index (χ0v) is 65.1. The van der Waals surface area contributed by atoms with Crippen molar-refractivity contribution in [1.29, 1.82) is 0 Å². The van der Waals surface area contributed by atoms with Gasteiger partial charge < -0.3 is 73.7 Å². The molecule has 0 saturated heterocycles. The van der Waals surface area contributed by atoms with Gasteiger partial charge in [0.15, 0.2) is 17.6 Å². The number of anilines is 3. The molecule has 26 nitrogen and oxygen atoms in total. The molecule has 12 aromatic rings. The van der Waals surface area contributed by atoms with Crippen LogP contribution >= 0.6 is 0 Å². The van der Waals surface area contributed by atoms with Crippen LogP contribution in [0.5, 0.6) is 17.6 Å². The number of hydrogen-bond donors (Lipinski definition) is 6. The highest BCUT2D eigenvalue weighted by molar-refractivity contribution is 6.25. The van der Waals surface area contributed by atoms with Crippen molar-refractivity contribution in [3.05, 3.63) is 267 Å². The number of nitrogens with one attached hydrogen (secondary N) is 3. The van der Waals surface area contributed by atoms with Crippen molar-refractivity contribution < 1.29 is 72.6 Å². The summed E-state index contributed by atoms with van der Waals surface area (Å²) in [6.45, 7) is 6.59. The van der Waals surface area contributed by atoms with Crippen molar-refractivity contribution in [1.82, 2.24) is 24.8 Å². The molecular formula is C90H85N11O15. The summed E-state index contributed by atoms with van der Waals surface area (Å²) in [5, 5.41) is 35.0. The number of carbonyl (C=O) groups excluding carboxylic acids is 8. The second-order valence-corrected chi connectivity index (χ2v) is 27.7. The van der Waals surface area contributed by atoms with Gasteiger partial charge in [-0.3, -0.25) is 24.0 Å². The Labute approximate surface area is 667 Å². The SMILES string of the molecule is CCN(CC)C(=O)CC(=O)N1CCc2cc(N=C(c3ccccc3)c3c(O)[nH]c4cc(C(=O)OC)ccc34)ccc21.COC(=O)c1ccc2c(C(=Nc3ccc4c(c3)CCN4C(=O)CC(=O)N(C)C)c3ccccc3)c(O)[nH]c2c1.COCC(=O)N1CCc2cc(N=C(c3ccccc3)c3c(O)[nH]c4cc(C(=O)OC)ccc34)ccc21. The zero-order valence-electron chi connectivity index (χ0n) is 65.1. The second-order valence-electron chi connectivity index (χ2n) is 27.7. The fraction of sp³-hybridized carbons (Fsp3) is 0.211. The lowest BCUT2D eigenvalue weighted by Gasteiger charge is -2.21. The first-order valence-corrected chi connectivity index (χ1v) is 37.6. The normalized spacial score (nSPS) is 13.0. The number of rotatable bonds is 20. The first kappa shape index (κ1) is 79.8. The van der Waals surface area contributed by atoms with Gasteiger partial charge in [0, 0.05) is 120 Å². The lowest BCUT2D eigenvalue weighted by atomic mass is 10.00. The number of ether oxygens (including phenoxy) is 4. The minimum absolute atomic E-state index is 0.0367. The molecule has 0 spiro atoms. The second kappa shape index (κ2) is 35.2. The molecule has 26 heteroatoms. The summed E-state index contributed by atoms with van der Waals surface area (Å²) in [7, 11) is 8.74. The molecule has 116 heavy (non-hydrogen) atoms. The van der Waals surface area contributed by atoms with Crippen LogP contribution in [0.15, 0.2) is 215 Å². The summed E-state index contributed by atoms with van der Waals surface area (Å²) in [5.74, 6) is -2.51. The van der Waals surface area contributed by atoms with E-state index in [0.717, 1.165) is 62.2 Å². The Kier molecular flexibility index (Phi) is 24.2. The Morgan fingerprint density at radius 3 is 0.991 bits per heavy atom. The lowest BCUT2D eigenvalue weighted by molar-refractivity contribution is -0.135. The number of methoxy groups -OCH3 is 4. The topological polar surface area (TPSA) is 335 Å². The highest BCUT2D eigenvalue weighted by Crippen LogP contribution is 2.40. The molecule has 0 atom stereocenters. The maximum absolute atomic E-state index is 13.0. The predicted octanol–water partition coefficient (Wildman–Crippen LogP) is 13.5. The number of amides is 5. The highest BCUT2D eigenvalue weighted by atomic mass is 16.5. The lowest BCUT2D eigenvalue weighted by Crippen LogP contribution is -2.37. The average molecular weight is 1560 g/mol. The number of esters is 3. The van der Waals surface area contributed by atoms with E-state index in [1.54, 1.807) is 88.3 Å². The van der Waals surface area contributed by atoms with Crippen LogP contribution in [-0.4, -0.2) is 187 Å². The molecule has 0 unspecified atom stereocenters. The van der Waals surface area contributed by atoms with E-state index in [0.29, 0.717) is 140 Å². The Morgan fingerprint density at radius 1 is 0.388 bits per heavy atom. The summed E-state index contributed by atoms with van der Waals surface area (Å²) in [6, 6.07) is 60.8. The van der Waals surface area contributed by atoms with Gasteiger partial charge in [-0.2, -0.15) is 0 Å². The molecule has 0 saturated carbocycles. The monoisotopic (exact) mass is 1560 g/mol. The summed E-state index contributed by atoms with van der Waals surface area (Å²) in [6.07, 6.45) is 1.69. The molecule has 590 valence electrons. The summed E-state index contributed by atoms with van der Waals surface area (Å²) in [5.41, 5.74) is 15.9. The van der Waals surface area contributed by atoms with Crippen LogP contribution in [0.1, 0.15) is 108 Å². The van der Waals surface area contributed by atoms with E-state index in [4.69, 9.17) is 33.9 Å². The molecule has 6 N–H and O–H groups in total. The highest BCUT2D eigenvalue weighted by Gasteiger charge is 2.32. The van der Waals surface area contributed by atoms with Crippen LogP contribution in [0, 0.1) is 0 Å². The van der Waals surface area contributed by atoms with Crippen molar-refractivity contribution in [2.24, 2.45) is 15.0 Å². The third-order valence-corrected chi connectivity index (χ3v) is 20.4. The Hall–Kier alpha value is -14.3. The van der Waals surface area contributed by atoms with E-state index in [-0.39, 0.29) is 66.6 Å². The number of aromatic nitrogens is 3. The fourth-order valence-corrected chi connectivity index (χ4v) is 14.6. The molecule has 5 amide bonds. The van der Waals surface area contributed by atoms with Crippen molar-refractivity contribution in [3.63, 3.8) is 0 Å². The van der Waals surface area contributed by atoms with E-state index in [9.17, 15) is 53.7 Å². The van der Waals surface area contributed by atoms with E-state index in [2.05, 4.69) is 15.0 Å². The predicted molar refractivity (Wildman–Crippen MR) is 444 cm³/mol. The standard InChI is InChI=1S/C32H32N4O5.C30H28N4O5.C28H25N3O5/c1-4-35(5-2)27(37)19-28(38)36-16-15-21-17-23(12-14-26(21)36)33-30(20-9-7-6-8-10-20)29-24-13-11-22(32(40)41-3)18-25(24)34-31(29)39;1-33(2)25(35)17-26(36)34-14-13-19-15-21(10-12-24(19)34)31-28(18-7-5-4-6-8-18)27-22-11-9-20(30(38)39-3)16-23(22)32-29(27)37;1-35-16-24(32)31-13-12-18-14-20(9-11-23(18)31)29-26(17-6-4-3-5-7-17)25-21-10-8-19(28(34)36-2)15-22(21)30-27(25)33/h6-14,17-18,34,39H,4-5,15-16,19H2,1-3H3;4-12,15-16,32,37H,13-14,17H2,1-3H3;3-11,14-15,30,33H,12-13,16H2,1-2H3. The molecule has 9 aromatic carbocycles. The van der Waals surface area contributed by atoms with Gasteiger partial charge in [0.05, 0.1) is 88.9 Å². The minimum atomic E-state index is -0.471. The number of nitrogens with zero attached hydrogens (tertiary/aromatic N) is 8. The molecule has 0 aliphatic carbocycles. The number of H-pyrrole nitrogens is 3. The van der Waals surface area contributed by atoms with Gasteiger partial charge in [0.1, 0.15) is 19.4 Å². The molecule has 0 bridgehead atoms. The Morgan fingerprint density at radius 2 is 0.698 bits per heavy atom. The molecule has 0 radical (unpaired) electrons. The van der Waals surface area contributed by atoms with E-state index < -0.39 is 17.9 Å². The van der Waals surface area contributed by atoms with Gasteiger partial charge in [-0.1, -0.05) is 109 Å². The quantitative estimate of drug-likeness (QED) is 0.0179. The van der Waals surface area contributed by atoms with Crippen LogP contribution < -0.4 is 14.7 Å². The maximum Gasteiger partial charge on any atom is 0.337 e. The summed E-state index contributed by atoms with van der Waals surface area (Å²) < 4.78 is 19.5. The van der Waals surface area contributed by atoms with Crippen molar-refractivity contribution >= 4 is 131 Å². The van der Waals surface area contributed by atoms with Gasteiger partial charge >= 0.3 is 17.9 Å². The molecule has 3 aromatic heterocycles. The molecular weight excluding hydrogens is 1480 g/mol. The average Bonchev–Trinajstić information content (AvgIpc) is 1.63. The van der Waals surface area contributed by atoms with Gasteiger partial charge in [0.25, 0.3) is 5.91 Å². The van der Waals surface area contributed by atoms with Crippen molar-refractivity contribution in [2.75, 3.05) is 96.6 Å². The van der Waals surface area contributed by atoms with Crippen LogP contribution in [-0.2, 0) is 62.2 Å². The Balaban J connectivity index is 0.000000152. The number of aromatic amines is 3. The van der Waals surface area contributed by atoms with Gasteiger partial charge in [-0.15, -0.1) is 0 Å². The first-order chi connectivity index (χ1) is 56.1. The van der Waals surface area contributed by atoms with Crippen LogP contribution in [0.25, 0.3) is 32.7 Å². The fourth-order valence-electron chi connectivity index (χ4n) is 14.6. The molecule has 6 heterocycles. The van der Waals surface area contributed by atoms with Gasteiger partial charge in [-0.25, -0.2) is 29.4 Å². The molecule has 0 fully saturated rings. The third kappa shape index (κ3) is 16.9. The maximum atomic E-state index is 13.0. The largest absolute Gasteiger partial charge is 0.494 e. The van der Waals surface area contributed by atoms with E-state index in [1.807, 2.05) is 159 Å². The summed E-state index contributed by atoms with van der Waals surface area (Å²) >= 11 is 0.